The summed E-state index contributed by atoms with van der Waals surface area (Å²) in [5, 5.41) is 10.8. The van der Waals surface area contributed by atoms with E-state index < -0.39 is 0 Å². The zero-order valence-electron chi connectivity index (χ0n) is 21.2. The van der Waals surface area contributed by atoms with Crippen LogP contribution in [0.25, 0.3) is 6.08 Å². The fraction of sp³-hybridized carbons (Fsp3) is 0.310. The van der Waals surface area contributed by atoms with Crippen molar-refractivity contribution in [2.24, 2.45) is 0 Å². The Morgan fingerprint density at radius 3 is 2.65 bits per heavy atom. The molecule has 0 radical (unpaired) electrons. The zero-order chi connectivity index (χ0) is 25.9. The number of benzene rings is 2. The Morgan fingerprint density at radius 2 is 1.92 bits per heavy atom. The number of fused-ring (bicyclic) bond motifs is 1. The first-order chi connectivity index (χ1) is 18.0. The second kappa shape index (κ2) is 10.5. The number of phenolic OH excluding ortho intramolecular Hbond substituents is 1. The van der Waals surface area contributed by atoms with Gasteiger partial charge in [-0.05, 0) is 61.4 Å². The predicted molar refractivity (Wildman–Crippen MR) is 138 cm³/mol. The van der Waals surface area contributed by atoms with Gasteiger partial charge >= 0.3 is 0 Å². The summed E-state index contributed by atoms with van der Waals surface area (Å²) >= 11 is 0. The van der Waals surface area contributed by atoms with Gasteiger partial charge in [-0.1, -0.05) is 12.5 Å². The second-order valence-corrected chi connectivity index (χ2v) is 9.07. The third-order valence-electron chi connectivity index (χ3n) is 6.98. The molecule has 3 aromatic rings. The Hall–Kier alpha value is -4.04. The molecule has 2 aromatic carbocycles. The lowest BCUT2D eigenvalue weighted by Gasteiger charge is -2.36. The number of hydrogen-bond acceptors (Lipinski definition) is 8. The number of likely N-dealkylation sites (tertiary alicyclic amines) is 1. The standard InChI is InChI=1S/C29H30N2O6/c1-34-24-12-9-18(27(35-2)29(24)36-3)15-25-26(33)20-10-11-23(32)21(28(20)37-25)17-31-14-5-4-8-22(31)19-7-6-13-30-16-19/h6-7,9-13,15-16,22,32H,4-5,8,14,17H2,1-3H3/b25-15-/t22-/m0/s1. The first kappa shape index (κ1) is 24.6. The van der Waals surface area contributed by atoms with Crippen molar-refractivity contribution in [2.45, 2.75) is 31.8 Å². The quantitative estimate of drug-likeness (QED) is 0.444. The second-order valence-electron chi connectivity index (χ2n) is 9.07. The Morgan fingerprint density at radius 1 is 1.08 bits per heavy atom. The molecule has 2 aliphatic heterocycles. The molecule has 3 heterocycles. The number of nitrogens with zero attached hydrogens (tertiary/aromatic N) is 2. The highest BCUT2D eigenvalue weighted by Gasteiger charge is 2.34. The number of carbonyl (C=O) groups is 1. The van der Waals surface area contributed by atoms with E-state index in [1.165, 1.54) is 14.2 Å². The van der Waals surface area contributed by atoms with Gasteiger partial charge in [-0.25, -0.2) is 0 Å². The van der Waals surface area contributed by atoms with Crippen LogP contribution in [0.15, 0.2) is 54.6 Å². The summed E-state index contributed by atoms with van der Waals surface area (Å²) in [7, 11) is 4.60. The van der Waals surface area contributed by atoms with E-state index in [-0.39, 0.29) is 23.3 Å². The van der Waals surface area contributed by atoms with Crippen molar-refractivity contribution in [1.29, 1.82) is 0 Å². The number of methoxy groups -OCH3 is 3. The van der Waals surface area contributed by atoms with E-state index in [1.54, 1.807) is 43.6 Å². The molecule has 1 aromatic heterocycles. The number of rotatable bonds is 7. The first-order valence-corrected chi connectivity index (χ1v) is 12.3. The summed E-state index contributed by atoms with van der Waals surface area (Å²) in [5.41, 5.74) is 2.78. The minimum Gasteiger partial charge on any atom is -0.507 e. The van der Waals surface area contributed by atoms with Crippen LogP contribution in [0.4, 0.5) is 0 Å². The normalized spacial score (nSPS) is 18.4. The maximum absolute atomic E-state index is 13.3. The molecule has 0 bridgehead atoms. The Labute approximate surface area is 216 Å². The van der Waals surface area contributed by atoms with E-state index in [9.17, 15) is 9.90 Å². The SMILES string of the molecule is COc1ccc(/C=C2\Oc3c(ccc(O)c3CN3CCCC[C@H]3c3cccnc3)C2=O)c(OC)c1OC. The van der Waals surface area contributed by atoms with Gasteiger partial charge in [0, 0.05) is 30.5 Å². The van der Waals surface area contributed by atoms with E-state index in [0.29, 0.717) is 46.2 Å². The van der Waals surface area contributed by atoms with Gasteiger partial charge in [0.05, 0.1) is 32.5 Å². The molecule has 1 fully saturated rings. The van der Waals surface area contributed by atoms with Crippen LogP contribution in [0.1, 0.15) is 52.4 Å². The molecule has 0 amide bonds. The highest BCUT2D eigenvalue weighted by molar-refractivity contribution is 6.15. The van der Waals surface area contributed by atoms with Gasteiger partial charge in [0.25, 0.3) is 0 Å². The fourth-order valence-corrected chi connectivity index (χ4v) is 5.16. The van der Waals surface area contributed by atoms with Gasteiger partial charge in [0.15, 0.2) is 17.3 Å². The van der Waals surface area contributed by atoms with Gasteiger partial charge in [0.2, 0.25) is 11.5 Å². The molecule has 0 saturated carbocycles. The van der Waals surface area contributed by atoms with Crippen molar-refractivity contribution >= 4 is 11.9 Å². The number of carbonyl (C=O) groups excluding carboxylic acids is 1. The minimum absolute atomic E-state index is 0.104. The van der Waals surface area contributed by atoms with Crippen molar-refractivity contribution in [3.05, 3.63) is 76.8 Å². The van der Waals surface area contributed by atoms with Gasteiger partial charge in [-0.3, -0.25) is 14.7 Å². The third-order valence-corrected chi connectivity index (χ3v) is 6.98. The maximum atomic E-state index is 13.3. The Balaban J connectivity index is 1.49. The monoisotopic (exact) mass is 502 g/mol. The molecule has 8 heteroatoms. The van der Waals surface area contributed by atoms with Gasteiger partial charge in [-0.15, -0.1) is 0 Å². The lowest BCUT2D eigenvalue weighted by atomic mass is 9.95. The van der Waals surface area contributed by atoms with Crippen LogP contribution in [-0.2, 0) is 6.54 Å². The summed E-state index contributed by atoms with van der Waals surface area (Å²) in [6.45, 7) is 1.33. The van der Waals surface area contributed by atoms with E-state index in [1.807, 2.05) is 12.3 Å². The number of piperidine rings is 1. The third kappa shape index (κ3) is 4.60. The highest BCUT2D eigenvalue weighted by Crippen LogP contribution is 2.44. The largest absolute Gasteiger partial charge is 0.507 e. The van der Waals surface area contributed by atoms with Crippen LogP contribution in [0.3, 0.4) is 0 Å². The number of aromatic hydroxyl groups is 1. The van der Waals surface area contributed by atoms with Crippen LogP contribution in [0.2, 0.25) is 0 Å². The molecular formula is C29H30N2O6. The summed E-state index contributed by atoms with van der Waals surface area (Å²) in [6.07, 6.45) is 8.50. The smallest absolute Gasteiger partial charge is 0.231 e. The van der Waals surface area contributed by atoms with Crippen molar-refractivity contribution in [1.82, 2.24) is 9.88 Å². The maximum Gasteiger partial charge on any atom is 0.231 e. The Bertz CT molecular complexity index is 1340. The summed E-state index contributed by atoms with van der Waals surface area (Å²) in [5.74, 6) is 1.76. The summed E-state index contributed by atoms with van der Waals surface area (Å²) < 4.78 is 22.5. The number of phenols is 1. The number of allylic oxidation sites excluding steroid dienone is 1. The average molecular weight is 503 g/mol. The number of Topliss-reactive ketones (excluding diaryl/α,β-unsaturated/α-hetero) is 1. The predicted octanol–water partition coefficient (Wildman–Crippen LogP) is 5.16. The van der Waals surface area contributed by atoms with E-state index >= 15 is 0 Å². The van der Waals surface area contributed by atoms with Crippen LogP contribution >= 0.6 is 0 Å². The topological polar surface area (TPSA) is 90.4 Å². The molecule has 0 spiro atoms. The lowest BCUT2D eigenvalue weighted by Crippen LogP contribution is -2.33. The molecule has 1 N–H and O–H groups in total. The zero-order valence-corrected chi connectivity index (χ0v) is 21.2. The summed E-state index contributed by atoms with van der Waals surface area (Å²) in [6, 6.07) is 10.9. The molecule has 2 aliphatic rings. The van der Waals surface area contributed by atoms with Gasteiger partial charge in [-0.2, -0.15) is 0 Å². The number of aromatic nitrogens is 1. The molecule has 192 valence electrons. The van der Waals surface area contributed by atoms with E-state index in [0.717, 1.165) is 31.4 Å². The van der Waals surface area contributed by atoms with Gasteiger partial charge < -0.3 is 24.1 Å². The van der Waals surface area contributed by atoms with Crippen molar-refractivity contribution in [3.8, 4) is 28.7 Å². The van der Waals surface area contributed by atoms with Crippen LogP contribution in [0, 0.1) is 0 Å². The van der Waals surface area contributed by atoms with Crippen molar-refractivity contribution in [2.75, 3.05) is 27.9 Å². The minimum atomic E-state index is -0.254. The van der Waals surface area contributed by atoms with Crippen molar-refractivity contribution < 1.29 is 28.8 Å². The number of ketones is 1. The molecule has 1 saturated heterocycles. The lowest BCUT2D eigenvalue weighted by molar-refractivity contribution is 0.101. The number of pyridine rings is 1. The fourth-order valence-electron chi connectivity index (χ4n) is 5.16. The molecule has 8 nitrogen and oxygen atoms in total. The number of ether oxygens (including phenoxy) is 4. The number of hydrogen-bond donors (Lipinski definition) is 1. The Kier molecular flexibility index (Phi) is 7.01. The van der Waals surface area contributed by atoms with E-state index in [2.05, 4.69) is 16.0 Å². The molecule has 37 heavy (non-hydrogen) atoms. The molecule has 5 rings (SSSR count). The first-order valence-electron chi connectivity index (χ1n) is 12.3. The molecular weight excluding hydrogens is 472 g/mol. The average Bonchev–Trinajstić information content (AvgIpc) is 3.25. The molecule has 1 atom stereocenters. The van der Waals surface area contributed by atoms with E-state index in [4.69, 9.17) is 18.9 Å². The van der Waals surface area contributed by atoms with Crippen LogP contribution < -0.4 is 18.9 Å². The van der Waals surface area contributed by atoms with Gasteiger partial charge in [0.1, 0.15) is 11.5 Å². The highest BCUT2D eigenvalue weighted by atomic mass is 16.5. The van der Waals surface area contributed by atoms with Crippen molar-refractivity contribution in [3.63, 3.8) is 0 Å². The summed E-state index contributed by atoms with van der Waals surface area (Å²) in [4.78, 5) is 19.9. The van der Waals surface area contributed by atoms with Crippen LogP contribution in [0.5, 0.6) is 28.7 Å². The molecule has 0 aliphatic carbocycles. The van der Waals surface area contributed by atoms with Crippen LogP contribution in [-0.4, -0.2) is 48.6 Å². The molecule has 0 unspecified atom stereocenters.